The third-order valence-electron chi connectivity index (χ3n) is 4.23. The first-order valence-corrected chi connectivity index (χ1v) is 10.4. The molecular formula is C19H19FN2O5S. The average molecular weight is 406 g/mol. The van der Waals surface area contributed by atoms with E-state index in [1.807, 2.05) is 0 Å². The van der Waals surface area contributed by atoms with E-state index in [1.54, 1.807) is 12.1 Å². The van der Waals surface area contributed by atoms with Crippen LogP contribution in [0.1, 0.15) is 22.3 Å². The van der Waals surface area contributed by atoms with Crippen LogP contribution in [0.3, 0.4) is 0 Å². The molecule has 28 heavy (non-hydrogen) atoms. The maximum absolute atomic E-state index is 13.1. The molecule has 0 aromatic heterocycles. The zero-order valence-electron chi connectivity index (χ0n) is 15.1. The summed E-state index contributed by atoms with van der Waals surface area (Å²) in [4.78, 5) is 24.1. The van der Waals surface area contributed by atoms with Gasteiger partial charge in [0.2, 0.25) is 10.0 Å². The summed E-state index contributed by atoms with van der Waals surface area (Å²) in [7, 11) is -3.39. The van der Waals surface area contributed by atoms with Gasteiger partial charge in [0.1, 0.15) is 5.82 Å². The number of nitrogens with one attached hydrogen (secondary N) is 1. The molecule has 0 aliphatic carbocycles. The van der Waals surface area contributed by atoms with Crippen LogP contribution in [0.2, 0.25) is 0 Å². The fraction of sp³-hybridized carbons (Fsp3) is 0.263. The van der Waals surface area contributed by atoms with Crippen molar-refractivity contribution in [2.75, 3.05) is 29.0 Å². The topological polar surface area (TPSA) is 92.8 Å². The highest BCUT2D eigenvalue weighted by Gasteiger charge is 2.25. The van der Waals surface area contributed by atoms with Crippen molar-refractivity contribution in [1.29, 1.82) is 0 Å². The first-order chi connectivity index (χ1) is 13.2. The van der Waals surface area contributed by atoms with Gasteiger partial charge in [-0.1, -0.05) is 6.07 Å². The third kappa shape index (κ3) is 4.66. The van der Waals surface area contributed by atoms with E-state index in [4.69, 9.17) is 4.74 Å². The number of ether oxygens (including phenoxy) is 1. The molecule has 1 amide bonds. The molecule has 1 aliphatic heterocycles. The molecule has 0 atom stereocenters. The number of anilines is 2. The molecule has 3 rings (SSSR count). The Bertz CT molecular complexity index is 1020. The second-order valence-corrected chi connectivity index (χ2v) is 8.32. The van der Waals surface area contributed by atoms with Gasteiger partial charge in [0.25, 0.3) is 5.91 Å². The Hall–Kier alpha value is -2.94. The van der Waals surface area contributed by atoms with Gasteiger partial charge in [-0.15, -0.1) is 0 Å². The van der Waals surface area contributed by atoms with Crippen molar-refractivity contribution < 1.29 is 27.1 Å². The summed E-state index contributed by atoms with van der Waals surface area (Å²) >= 11 is 0. The lowest BCUT2D eigenvalue weighted by atomic mass is 10.0. The van der Waals surface area contributed by atoms with E-state index in [0.29, 0.717) is 25.1 Å². The Morgan fingerprint density at radius 1 is 1.21 bits per heavy atom. The molecule has 0 unspecified atom stereocenters. The molecule has 2 aromatic rings. The Kier molecular flexibility index (Phi) is 5.64. The van der Waals surface area contributed by atoms with Crippen molar-refractivity contribution in [2.45, 2.75) is 12.8 Å². The number of hydrogen-bond donors (Lipinski definition) is 1. The average Bonchev–Trinajstić information content (AvgIpc) is 2.64. The summed E-state index contributed by atoms with van der Waals surface area (Å²) in [6.07, 6.45) is 2.43. The number of sulfonamides is 1. The Balaban J connectivity index is 1.64. The molecule has 0 fully saturated rings. The number of fused-ring (bicyclic) bond motifs is 1. The highest BCUT2D eigenvalue weighted by Crippen LogP contribution is 2.30. The van der Waals surface area contributed by atoms with Crippen molar-refractivity contribution >= 4 is 33.3 Å². The lowest BCUT2D eigenvalue weighted by Gasteiger charge is -2.29. The number of esters is 1. The fourth-order valence-corrected chi connectivity index (χ4v) is 4.01. The van der Waals surface area contributed by atoms with Gasteiger partial charge in [-0.3, -0.25) is 9.10 Å². The smallest absolute Gasteiger partial charge is 0.338 e. The van der Waals surface area contributed by atoms with Crippen LogP contribution in [0.5, 0.6) is 0 Å². The Morgan fingerprint density at radius 2 is 2.00 bits per heavy atom. The molecule has 1 aliphatic rings. The molecule has 7 nitrogen and oxygen atoms in total. The predicted molar refractivity (Wildman–Crippen MR) is 102 cm³/mol. The number of halogens is 1. The summed E-state index contributed by atoms with van der Waals surface area (Å²) in [6, 6.07) is 9.98. The molecule has 1 heterocycles. The van der Waals surface area contributed by atoms with Gasteiger partial charge >= 0.3 is 5.97 Å². The molecule has 0 radical (unpaired) electrons. The molecule has 2 aromatic carbocycles. The van der Waals surface area contributed by atoms with Gasteiger partial charge in [-0.25, -0.2) is 17.6 Å². The summed E-state index contributed by atoms with van der Waals surface area (Å²) in [5.74, 6) is -1.79. The standard InChI is InChI=1S/C19H19FN2O5S/c1-28(25,26)22-9-3-4-13-10-14(7-8-17(13)22)19(24)27-12-18(23)21-16-6-2-5-15(20)11-16/h2,5-8,10-11H,3-4,9,12H2,1H3,(H,21,23). The minimum atomic E-state index is -3.39. The van der Waals surface area contributed by atoms with Crippen LogP contribution in [-0.4, -0.2) is 39.7 Å². The second-order valence-electron chi connectivity index (χ2n) is 6.42. The maximum Gasteiger partial charge on any atom is 0.338 e. The van der Waals surface area contributed by atoms with Crippen LogP contribution in [0.25, 0.3) is 0 Å². The minimum absolute atomic E-state index is 0.229. The van der Waals surface area contributed by atoms with Gasteiger partial charge in [0, 0.05) is 12.2 Å². The quantitative estimate of drug-likeness (QED) is 0.770. The third-order valence-corrected chi connectivity index (χ3v) is 5.41. The van der Waals surface area contributed by atoms with Crippen LogP contribution in [-0.2, 0) is 26.0 Å². The van der Waals surface area contributed by atoms with Crippen molar-refractivity contribution in [3.8, 4) is 0 Å². The number of rotatable bonds is 5. The van der Waals surface area contributed by atoms with E-state index < -0.39 is 34.3 Å². The van der Waals surface area contributed by atoms with Gasteiger partial charge in [0.15, 0.2) is 6.61 Å². The number of carbonyl (C=O) groups excluding carboxylic acids is 2. The van der Waals surface area contributed by atoms with Crippen molar-refractivity contribution in [1.82, 2.24) is 0 Å². The first kappa shape index (κ1) is 19.8. The van der Waals surface area contributed by atoms with Crippen molar-refractivity contribution in [3.63, 3.8) is 0 Å². The predicted octanol–water partition coefficient (Wildman–Crippen LogP) is 2.33. The van der Waals surface area contributed by atoms with Crippen LogP contribution in [0.4, 0.5) is 15.8 Å². The van der Waals surface area contributed by atoms with Gasteiger partial charge in [-0.05, 0) is 54.8 Å². The zero-order valence-corrected chi connectivity index (χ0v) is 16.0. The van der Waals surface area contributed by atoms with E-state index in [-0.39, 0.29) is 11.3 Å². The highest BCUT2D eigenvalue weighted by atomic mass is 32.2. The summed E-state index contributed by atoms with van der Waals surface area (Å²) in [6.45, 7) is -0.127. The molecule has 0 bridgehead atoms. The van der Waals surface area contributed by atoms with Crippen LogP contribution in [0, 0.1) is 5.82 Å². The molecule has 1 N–H and O–H groups in total. The number of nitrogens with zero attached hydrogens (tertiary/aromatic N) is 1. The molecule has 9 heteroatoms. The normalized spacial score (nSPS) is 13.6. The maximum atomic E-state index is 13.1. The molecule has 148 valence electrons. The van der Waals surface area contributed by atoms with E-state index in [0.717, 1.165) is 17.9 Å². The molecule has 0 saturated heterocycles. The SMILES string of the molecule is CS(=O)(=O)N1CCCc2cc(C(=O)OCC(=O)Nc3cccc(F)c3)ccc21. The lowest BCUT2D eigenvalue weighted by molar-refractivity contribution is -0.119. The van der Waals surface area contributed by atoms with Crippen LogP contribution in [0.15, 0.2) is 42.5 Å². The minimum Gasteiger partial charge on any atom is -0.452 e. The van der Waals surface area contributed by atoms with Crippen molar-refractivity contribution in [3.05, 3.63) is 59.4 Å². The summed E-state index contributed by atoms with van der Waals surface area (Å²) in [5, 5.41) is 2.43. The Morgan fingerprint density at radius 3 is 2.71 bits per heavy atom. The van der Waals surface area contributed by atoms with Crippen molar-refractivity contribution in [2.24, 2.45) is 0 Å². The number of benzene rings is 2. The summed E-state index contributed by atoms with van der Waals surface area (Å²) in [5.41, 5.74) is 1.77. The lowest BCUT2D eigenvalue weighted by Crippen LogP contribution is -2.34. The van der Waals surface area contributed by atoms with Gasteiger partial charge < -0.3 is 10.1 Å². The second kappa shape index (κ2) is 7.97. The largest absolute Gasteiger partial charge is 0.452 e. The number of amides is 1. The van der Waals surface area contributed by atoms with E-state index >= 15 is 0 Å². The monoisotopic (exact) mass is 406 g/mol. The highest BCUT2D eigenvalue weighted by molar-refractivity contribution is 7.92. The number of aryl methyl sites for hydroxylation is 1. The summed E-state index contributed by atoms with van der Waals surface area (Å²) < 4.78 is 43.2. The van der Waals surface area contributed by atoms with Gasteiger partial charge in [0.05, 0.1) is 17.5 Å². The number of carbonyl (C=O) groups is 2. The number of hydrogen-bond acceptors (Lipinski definition) is 5. The Labute approximate surface area is 162 Å². The zero-order chi connectivity index (χ0) is 20.3. The van der Waals surface area contributed by atoms with E-state index in [9.17, 15) is 22.4 Å². The molecule has 0 spiro atoms. The first-order valence-electron chi connectivity index (χ1n) is 8.57. The van der Waals surface area contributed by atoms with E-state index in [2.05, 4.69) is 5.32 Å². The fourth-order valence-electron chi connectivity index (χ4n) is 3.01. The molecule has 0 saturated carbocycles. The van der Waals surface area contributed by atoms with Crippen LogP contribution >= 0.6 is 0 Å². The molecular weight excluding hydrogens is 387 g/mol. The van der Waals surface area contributed by atoms with Crippen LogP contribution < -0.4 is 9.62 Å². The van der Waals surface area contributed by atoms with E-state index in [1.165, 1.54) is 28.6 Å². The van der Waals surface area contributed by atoms with Gasteiger partial charge in [-0.2, -0.15) is 0 Å².